The number of ether oxygens (including phenoxy) is 1. The van der Waals surface area contributed by atoms with Crippen molar-refractivity contribution in [2.24, 2.45) is 0 Å². The Hall–Kier alpha value is -1.14. The average Bonchev–Trinajstić information content (AvgIpc) is 2.87. The number of alkyl carbamates (subject to hydrolysis) is 1. The number of piperidine rings is 1. The molecule has 2 rings (SSSR count). The van der Waals surface area contributed by atoms with Gasteiger partial charge in [0.1, 0.15) is 10.6 Å². The van der Waals surface area contributed by atoms with Gasteiger partial charge in [0.25, 0.3) is 0 Å². The molecule has 1 aromatic rings. The van der Waals surface area contributed by atoms with Crippen molar-refractivity contribution >= 4 is 17.4 Å². The zero-order chi connectivity index (χ0) is 16.9. The number of nitrogens with zero attached hydrogens (tertiary/aromatic N) is 2. The molecule has 2 heterocycles. The molecule has 0 aromatic carbocycles. The molecule has 1 saturated heterocycles. The zero-order valence-corrected chi connectivity index (χ0v) is 15.5. The molecule has 0 aliphatic carbocycles. The highest BCUT2D eigenvalue weighted by Crippen LogP contribution is 2.18. The molecule has 0 unspecified atom stereocenters. The molecule has 0 atom stereocenters. The highest BCUT2D eigenvalue weighted by atomic mass is 32.1. The summed E-state index contributed by atoms with van der Waals surface area (Å²) in [5.41, 5.74) is 0.778. The highest BCUT2D eigenvalue weighted by Gasteiger charge is 2.24. The minimum Gasteiger partial charge on any atom is -0.444 e. The first-order valence-corrected chi connectivity index (χ1v) is 9.39. The van der Waals surface area contributed by atoms with Crippen LogP contribution in [0.15, 0.2) is 5.38 Å². The summed E-state index contributed by atoms with van der Waals surface area (Å²) in [5.74, 6) is 0. The maximum atomic E-state index is 11.8. The van der Waals surface area contributed by atoms with Gasteiger partial charge in [-0.15, -0.1) is 11.3 Å². The Morgan fingerprint density at radius 2 is 2.13 bits per heavy atom. The van der Waals surface area contributed by atoms with Crippen molar-refractivity contribution in [2.75, 3.05) is 13.1 Å². The number of nitrogens with one attached hydrogen (secondary N) is 1. The molecular formula is C17H29N3O2S. The summed E-state index contributed by atoms with van der Waals surface area (Å²) >= 11 is 1.76. The van der Waals surface area contributed by atoms with E-state index in [1.807, 2.05) is 20.8 Å². The Balaban J connectivity index is 1.72. The van der Waals surface area contributed by atoms with Gasteiger partial charge < -0.3 is 10.1 Å². The largest absolute Gasteiger partial charge is 0.444 e. The Kier molecular flexibility index (Phi) is 6.41. The van der Waals surface area contributed by atoms with Gasteiger partial charge >= 0.3 is 6.09 Å². The molecule has 130 valence electrons. The molecule has 1 fully saturated rings. The van der Waals surface area contributed by atoms with E-state index in [4.69, 9.17) is 4.74 Å². The predicted octanol–water partition coefficient (Wildman–Crippen LogP) is 3.58. The van der Waals surface area contributed by atoms with E-state index in [1.54, 1.807) is 11.3 Å². The third-order valence-electron chi connectivity index (χ3n) is 3.77. The van der Waals surface area contributed by atoms with Crippen LogP contribution in [0.25, 0.3) is 0 Å². The zero-order valence-electron chi connectivity index (χ0n) is 14.7. The first-order chi connectivity index (χ1) is 10.9. The Morgan fingerprint density at radius 1 is 1.43 bits per heavy atom. The SMILES string of the molecule is CCCc1csc(CN2CCC(NC(=O)OC(C)(C)C)CC2)n1. The van der Waals surface area contributed by atoms with Crippen molar-refractivity contribution in [3.05, 3.63) is 16.1 Å². The normalized spacial score (nSPS) is 17.2. The number of aromatic nitrogens is 1. The van der Waals surface area contributed by atoms with Gasteiger partial charge in [-0.05, 0) is 40.0 Å². The van der Waals surface area contributed by atoms with Crippen molar-refractivity contribution in [1.29, 1.82) is 0 Å². The Morgan fingerprint density at radius 3 is 2.74 bits per heavy atom. The van der Waals surface area contributed by atoms with E-state index in [2.05, 4.69) is 27.5 Å². The van der Waals surface area contributed by atoms with Crippen LogP contribution in [0.1, 0.15) is 57.7 Å². The minimum absolute atomic E-state index is 0.216. The minimum atomic E-state index is -0.439. The second-order valence-electron chi connectivity index (χ2n) is 7.18. The maximum absolute atomic E-state index is 11.8. The standard InChI is InChI=1S/C17H29N3O2S/c1-5-6-14-12-23-15(18-14)11-20-9-7-13(8-10-20)19-16(21)22-17(2,3)4/h12-13H,5-11H2,1-4H3,(H,19,21). The molecule has 23 heavy (non-hydrogen) atoms. The van der Waals surface area contributed by atoms with E-state index in [1.165, 1.54) is 10.7 Å². The summed E-state index contributed by atoms with van der Waals surface area (Å²) in [6.07, 6.45) is 3.84. The molecule has 0 spiro atoms. The lowest BCUT2D eigenvalue weighted by Crippen LogP contribution is -2.45. The fourth-order valence-corrected chi connectivity index (χ4v) is 3.56. The fourth-order valence-electron chi connectivity index (χ4n) is 2.69. The van der Waals surface area contributed by atoms with E-state index in [-0.39, 0.29) is 12.1 Å². The first kappa shape index (κ1) is 18.2. The number of rotatable bonds is 5. The van der Waals surface area contributed by atoms with Crippen LogP contribution in [-0.2, 0) is 17.7 Å². The fraction of sp³-hybridized carbons (Fsp3) is 0.765. The van der Waals surface area contributed by atoms with Crippen LogP contribution < -0.4 is 5.32 Å². The van der Waals surface area contributed by atoms with E-state index in [0.29, 0.717) is 0 Å². The molecule has 0 bridgehead atoms. The Bertz CT molecular complexity index is 502. The summed E-state index contributed by atoms with van der Waals surface area (Å²) in [5, 5.41) is 6.36. The number of likely N-dealkylation sites (tertiary alicyclic amines) is 1. The molecule has 1 amide bonds. The van der Waals surface area contributed by atoms with Gasteiger partial charge in [-0.3, -0.25) is 4.90 Å². The number of carbonyl (C=O) groups excluding carboxylic acids is 1. The molecule has 5 nitrogen and oxygen atoms in total. The van der Waals surface area contributed by atoms with Gasteiger partial charge in [0.05, 0.1) is 12.2 Å². The molecule has 1 aliphatic heterocycles. The van der Waals surface area contributed by atoms with E-state index in [9.17, 15) is 4.79 Å². The van der Waals surface area contributed by atoms with Crippen LogP contribution in [0.3, 0.4) is 0 Å². The predicted molar refractivity (Wildman–Crippen MR) is 93.8 cm³/mol. The van der Waals surface area contributed by atoms with Crippen LogP contribution in [0.5, 0.6) is 0 Å². The summed E-state index contributed by atoms with van der Waals surface area (Å²) in [6.45, 7) is 10.7. The van der Waals surface area contributed by atoms with Gasteiger partial charge in [0.15, 0.2) is 0 Å². The smallest absolute Gasteiger partial charge is 0.407 e. The van der Waals surface area contributed by atoms with E-state index in [0.717, 1.165) is 45.3 Å². The lowest BCUT2D eigenvalue weighted by molar-refractivity contribution is 0.0477. The summed E-state index contributed by atoms with van der Waals surface area (Å²) < 4.78 is 5.32. The van der Waals surface area contributed by atoms with Crippen molar-refractivity contribution in [3.8, 4) is 0 Å². The van der Waals surface area contributed by atoms with Crippen LogP contribution in [0, 0.1) is 0 Å². The molecule has 0 saturated carbocycles. The topological polar surface area (TPSA) is 54.5 Å². The molecule has 0 radical (unpaired) electrons. The first-order valence-electron chi connectivity index (χ1n) is 8.51. The molecule has 6 heteroatoms. The molecule has 1 aliphatic rings. The third-order valence-corrected chi connectivity index (χ3v) is 4.66. The molecule has 1 N–H and O–H groups in total. The van der Waals surface area contributed by atoms with Gasteiger partial charge in [0.2, 0.25) is 0 Å². The number of hydrogen-bond donors (Lipinski definition) is 1. The van der Waals surface area contributed by atoms with E-state index < -0.39 is 5.60 Å². The van der Waals surface area contributed by atoms with Gasteiger partial charge in [0, 0.05) is 24.5 Å². The molecule has 1 aromatic heterocycles. The van der Waals surface area contributed by atoms with Crippen molar-refractivity contribution in [1.82, 2.24) is 15.2 Å². The number of carbonyl (C=O) groups is 1. The second kappa shape index (κ2) is 8.11. The summed E-state index contributed by atoms with van der Waals surface area (Å²) in [4.78, 5) is 18.9. The van der Waals surface area contributed by atoms with Crippen LogP contribution in [-0.4, -0.2) is 40.7 Å². The van der Waals surface area contributed by atoms with E-state index >= 15 is 0 Å². The van der Waals surface area contributed by atoms with Crippen molar-refractivity contribution in [3.63, 3.8) is 0 Å². The maximum Gasteiger partial charge on any atom is 0.407 e. The third kappa shape index (κ3) is 6.47. The number of aryl methyl sites for hydroxylation is 1. The molecular weight excluding hydrogens is 310 g/mol. The quantitative estimate of drug-likeness (QED) is 0.891. The van der Waals surface area contributed by atoms with Gasteiger partial charge in [-0.2, -0.15) is 0 Å². The van der Waals surface area contributed by atoms with Crippen LogP contribution in [0.2, 0.25) is 0 Å². The monoisotopic (exact) mass is 339 g/mol. The number of thiazole rings is 1. The van der Waals surface area contributed by atoms with Crippen molar-refractivity contribution < 1.29 is 9.53 Å². The average molecular weight is 340 g/mol. The van der Waals surface area contributed by atoms with Crippen LogP contribution >= 0.6 is 11.3 Å². The van der Waals surface area contributed by atoms with Crippen molar-refractivity contribution in [2.45, 2.75) is 71.6 Å². The van der Waals surface area contributed by atoms with Gasteiger partial charge in [-0.25, -0.2) is 9.78 Å². The second-order valence-corrected chi connectivity index (χ2v) is 8.12. The van der Waals surface area contributed by atoms with Gasteiger partial charge in [-0.1, -0.05) is 13.3 Å². The lowest BCUT2D eigenvalue weighted by Gasteiger charge is -2.32. The highest BCUT2D eigenvalue weighted by molar-refractivity contribution is 7.09. The number of hydrogen-bond acceptors (Lipinski definition) is 5. The Labute approximate surface area is 143 Å². The summed E-state index contributed by atoms with van der Waals surface area (Å²) in [7, 11) is 0. The van der Waals surface area contributed by atoms with Crippen LogP contribution in [0.4, 0.5) is 4.79 Å². The number of amides is 1. The lowest BCUT2D eigenvalue weighted by atomic mass is 10.1. The summed E-state index contributed by atoms with van der Waals surface area (Å²) in [6, 6.07) is 0.216.